The number of morpholine rings is 1. The van der Waals surface area contributed by atoms with Crippen LogP contribution < -0.4 is 0 Å². The number of benzene rings is 3. The number of ether oxygens (including phenoxy) is 1. The molecule has 29 heavy (non-hydrogen) atoms. The Hall–Kier alpha value is -3.31. The van der Waals surface area contributed by atoms with Crippen molar-refractivity contribution in [2.45, 2.75) is 6.10 Å². The maximum atomic E-state index is 13.2. The molecule has 0 aromatic heterocycles. The van der Waals surface area contributed by atoms with Crippen LogP contribution in [0.2, 0.25) is 0 Å². The molecule has 1 unspecified atom stereocenters. The lowest BCUT2D eigenvalue weighted by molar-refractivity contribution is -0.0228. The zero-order chi connectivity index (χ0) is 20.2. The molecule has 1 atom stereocenters. The Morgan fingerprint density at radius 3 is 2.24 bits per heavy atom. The van der Waals surface area contributed by atoms with Gasteiger partial charge >= 0.3 is 0 Å². The molecule has 1 aliphatic rings. The number of hydrogen-bond donors (Lipinski definition) is 0. The molecule has 1 aliphatic heterocycles. The summed E-state index contributed by atoms with van der Waals surface area (Å²) in [6.07, 6.45) is -0.200. The predicted molar refractivity (Wildman–Crippen MR) is 107 cm³/mol. The van der Waals surface area contributed by atoms with E-state index in [1.54, 1.807) is 29.2 Å². The quantitative estimate of drug-likeness (QED) is 0.626. The van der Waals surface area contributed by atoms with E-state index in [0.29, 0.717) is 36.4 Å². The third kappa shape index (κ3) is 4.10. The highest BCUT2D eigenvalue weighted by atomic mass is 19.1. The molecule has 3 aromatic carbocycles. The van der Waals surface area contributed by atoms with Gasteiger partial charge in [-0.1, -0.05) is 48.5 Å². The average Bonchev–Trinajstić information content (AvgIpc) is 2.79. The molecule has 0 N–H and O–H groups in total. The van der Waals surface area contributed by atoms with E-state index in [-0.39, 0.29) is 17.8 Å². The van der Waals surface area contributed by atoms with Gasteiger partial charge in [-0.05, 0) is 35.9 Å². The van der Waals surface area contributed by atoms with Crippen molar-refractivity contribution in [3.63, 3.8) is 0 Å². The summed E-state index contributed by atoms with van der Waals surface area (Å²) in [5, 5.41) is 0. The fourth-order valence-electron chi connectivity index (χ4n) is 3.50. The van der Waals surface area contributed by atoms with Crippen LogP contribution in [0.5, 0.6) is 0 Å². The fourth-order valence-corrected chi connectivity index (χ4v) is 3.50. The Kier molecular flexibility index (Phi) is 5.49. The van der Waals surface area contributed by atoms with Gasteiger partial charge in [0.2, 0.25) is 0 Å². The molecule has 4 nitrogen and oxygen atoms in total. The Morgan fingerprint density at radius 1 is 0.862 bits per heavy atom. The van der Waals surface area contributed by atoms with E-state index >= 15 is 0 Å². The van der Waals surface area contributed by atoms with Gasteiger partial charge in [0.25, 0.3) is 5.91 Å². The van der Waals surface area contributed by atoms with Crippen LogP contribution in [0.1, 0.15) is 37.9 Å². The first-order chi connectivity index (χ1) is 14.1. The molecule has 1 fully saturated rings. The summed E-state index contributed by atoms with van der Waals surface area (Å²) < 4.78 is 19.0. The van der Waals surface area contributed by atoms with Crippen molar-refractivity contribution in [3.05, 3.63) is 107 Å². The maximum Gasteiger partial charge on any atom is 0.254 e. The molecule has 0 bridgehead atoms. The zero-order valence-electron chi connectivity index (χ0n) is 15.8. The molecule has 1 saturated heterocycles. The van der Waals surface area contributed by atoms with Crippen LogP contribution in [0, 0.1) is 5.82 Å². The smallest absolute Gasteiger partial charge is 0.254 e. The number of carbonyl (C=O) groups excluding carboxylic acids is 2. The topological polar surface area (TPSA) is 46.6 Å². The molecule has 146 valence electrons. The number of hydrogen-bond acceptors (Lipinski definition) is 3. The van der Waals surface area contributed by atoms with Crippen molar-refractivity contribution >= 4 is 11.7 Å². The summed E-state index contributed by atoms with van der Waals surface area (Å²) in [5.41, 5.74) is 2.01. The summed E-state index contributed by atoms with van der Waals surface area (Å²) in [5.74, 6) is -0.923. The van der Waals surface area contributed by atoms with Gasteiger partial charge in [-0.3, -0.25) is 9.59 Å². The van der Waals surface area contributed by atoms with E-state index in [0.717, 1.165) is 5.56 Å². The van der Waals surface area contributed by atoms with Crippen molar-refractivity contribution < 1.29 is 18.7 Å². The number of amides is 1. The molecule has 0 spiro atoms. The number of halogens is 1. The van der Waals surface area contributed by atoms with Gasteiger partial charge in [-0.2, -0.15) is 0 Å². The number of rotatable bonds is 4. The Bertz CT molecular complexity index is 1020. The highest BCUT2D eigenvalue weighted by Gasteiger charge is 2.28. The van der Waals surface area contributed by atoms with E-state index in [2.05, 4.69) is 0 Å². The number of ketones is 1. The largest absolute Gasteiger partial charge is 0.370 e. The van der Waals surface area contributed by atoms with Crippen LogP contribution in [-0.4, -0.2) is 36.3 Å². The summed E-state index contributed by atoms with van der Waals surface area (Å²) in [4.78, 5) is 27.9. The predicted octanol–water partition coefficient (Wildman–Crippen LogP) is 4.27. The molecule has 1 amide bonds. The zero-order valence-corrected chi connectivity index (χ0v) is 15.8. The van der Waals surface area contributed by atoms with Crippen molar-refractivity contribution in [1.82, 2.24) is 4.90 Å². The molecule has 4 rings (SSSR count). The van der Waals surface area contributed by atoms with Crippen molar-refractivity contribution in [2.24, 2.45) is 0 Å². The second-order valence-corrected chi connectivity index (χ2v) is 6.90. The number of nitrogens with zero attached hydrogens (tertiary/aromatic N) is 1. The van der Waals surface area contributed by atoms with Crippen LogP contribution in [0.3, 0.4) is 0 Å². The minimum absolute atomic E-state index is 0.200. The van der Waals surface area contributed by atoms with E-state index in [1.165, 1.54) is 24.3 Å². The first-order valence-corrected chi connectivity index (χ1v) is 9.48. The van der Waals surface area contributed by atoms with Crippen LogP contribution >= 0.6 is 0 Å². The van der Waals surface area contributed by atoms with Crippen LogP contribution in [0.25, 0.3) is 0 Å². The summed E-state index contributed by atoms with van der Waals surface area (Å²) in [6.45, 7) is 1.31. The first-order valence-electron chi connectivity index (χ1n) is 9.48. The Labute approximate surface area is 168 Å². The van der Waals surface area contributed by atoms with Gasteiger partial charge < -0.3 is 9.64 Å². The highest BCUT2D eigenvalue weighted by molar-refractivity contribution is 6.15. The third-order valence-electron chi connectivity index (χ3n) is 5.03. The molecule has 5 heteroatoms. The molecular weight excluding hydrogens is 369 g/mol. The summed E-state index contributed by atoms with van der Waals surface area (Å²) in [6, 6.07) is 21.9. The second-order valence-electron chi connectivity index (χ2n) is 6.90. The highest BCUT2D eigenvalue weighted by Crippen LogP contribution is 2.24. The monoisotopic (exact) mass is 389 g/mol. The standard InChI is InChI=1S/C24H20FNO3/c25-19-12-10-18(11-13-19)23(27)20-8-4-5-9-21(20)24(28)26-14-15-29-22(16-26)17-6-2-1-3-7-17/h1-13,22H,14-16H2. The Balaban J connectivity index is 1.59. The number of carbonyl (C=O) groups is 2. The van der Waals surface area contributed by atoms with E-state index in [1.807, 2.05) is 30.3 Å². The van der Waals surface area contributed by atoms with Crippen molar-refractivity contribution in [1.29, 1.82) is 0 Å². The molecule has 3 aromatic rings. The lowest BCUT2D eigenvalue weighted by Gasteiger charge is -2.33. The second kappa shape index (κ2) is 8.37. The van der Waals surface area contributed by atoms with E-state index < -0.39 is 5.82 Å². The fraction of sp³-hybridized carbons (Fsp3) is 0.167. The Morgan fingerprint density at radius 2 is 1.52 bits per heavy atom. The van der Waals surface area contributed by atoms with Crippen molar-refractivity contribution in [3.8, 4) is 0 Å². The first kappa shape index (κ1) is 19.0. The van der Waals surface area contributed by atoms with Crippen LogP contribution in [0.15, 0.2) is 78.9 Å². The molecule has 1 heterocycles. The SMILES string of the molecule is O=C(c1ccc(F)cc1)c1ccccc1C(=O)N1CCOC(c2ccccc2)C1. The van der Waals surface area contributed by atoms with Gasteiger partial charge in [-0.25, -0.2) is 4.39 Å². The van der Waals surface area contributed by atoms with Gasteiger partial charge in [0.15, 0.2) is 5.78 Å². The normalized spacial score (nSPS) is 16.4. The van der Waals surface area contributed by atoms with Gasteiger partial charge in [0, 0.05) is 17.7 Å². The summed E-state index contributed by atoms with van der Waals surface area (Å²) in [7, 11) is 0. The molecular formula is C24H20FNO3. The minimum atomic E-state index is -0.411. The maximum absolute atomic E-state index is 13.2. The molecule has 0 radical (unpaired) electrons. The van der Waals surface area contributed by atoms with E-state index in [9.17, 15) is 14.0 Å². The average molecular weight is 389 g/mol. The van der Waals surface area contributed by atoms with Gasteiger partial charge in [-0.15, -0.1) is 0 Å². The lowest BCUT2D eigenvalue weighted by Crippen LogP contribution is -2.42. The molecule has 0 saturated carbocycles. The lowest BCUT2D eigenvalue weighted by atomic mass is 9.97. The minimum Gasteiger partial charge on any atom is -0.370 e. The van der Waals surface area contributed by atoms with Crippen LogP contribution in [0.4, 0.5) is 4.39 Å². The third-order valence-corrected chi connectivity index (χ3v) is 5.03. The van der Waals surface area contributed by atoms with E-state index in [4.69, 9.17) is 4.74 Å². The van der Waals surface area contributed by atoms with Crippen molar-refractivity contribution in [2.75, 3.05) is 19.7 Å². The van der Waals surface area contributed by atoms with Gasteiger partial charge in [0.05, 0.1) is 18.7 Å². The van der Waals surface area contributed by atoms with Gasteiger partial charge in [0.1, 0.15) is 11.9 Å². The molecule has 0 aliphatic carbocycles. The summed E-state index contributed by atoms with van der Waals surface area (Å²) >= 11 is 0. The van der Waals surface area contributed by atoms with Crippen LogP contribution in [-0.2, 0) is 4.74 Å².